The lowest BCUT2D eigenvalue weighted by atomic mass is 10.00. The molecular weight excluding hydrogens is 370 g/mol. The third-order valence-corrected chi connectivity index (χ3v) is 4.95. The minimum atomic E-state index is -3.91. The predicted octanol–water partition coefficient (Wildman–Crippen LogP) is 1.23. The quantitative estimate of drug-likeness (QED) is 0.565. The molecule has 0 bridgehead atoms. The number of imide groups is 1. The molecule has 2 aromatic rings. The molecule has 2 aromatic carbocycles. The van der Waals surface area contributed by atoms with Crippen molar-refractivity contribution in [2.75, 3.05) is 12.9 Å². The molecule has 2 amide bonds. The smallest absolute Gasteiger partial charge is 0.264 e. The van der Waals surface area contributed by atoms with E-state index in [1.165, 1.54) is 0 Å². The summed E-state index contributed by atoms with van der Waals surface area (Å²) in [5.74, 6) is -1.07. The molecule has 27 heavy (non-hydrogen) atoms. The van der Waals surface area contributed by atoms with E-state index < -0.39 is 40.7 Å². The van der Waals surface area contributed by atoms with Gasteiger partial charge < -0.3 is 5.11 Å². The molecule has 8 heteroatoms. The van der Waals surface area contributed by atoms with Gasteiger partial charge in [-0.15, -0.1) is 0 Å². The Hall–Kier alpha value is -2.55. The van der Waals surface area contributed by atoms with Crippen molar-refractivity contribution in [2.24, 2.45) is 0 Å². The highest BCUT2D eigenvalue weighted by molar-refractivity contribution is 7.86. The molecule has 7 nitrogen and oxygen atoms in total. The Morgan fingerprint density at radius 3 is 1.96 bits per heavy atom. The van der Waals surface area contributed by atoms with Gasteiger partial charge in [0.25, 0.3) is 21.9 Å². The molecule has 1 heterocycles. The van der Waals surface area contributed by atoms with Crippen molar-refractivity contribution >= 4 is 21.9 Å². The Morgan fingerprint density at radius 1 is 0.963 bits per heavy atom. The van der Waals surface area contributed by atoms with E-state index in [0.29, 0.717) is 0 Å². The fourth-order valence-corrected chi connectivity index (χ4v) is 3.83. The van der Waals surface area contributed by atoms with Crippen LogP contribution in [0.1, 0.15) is 26.3 Å². The Bertz CT molecular complexity index is 922. The molecule has 0 aromatic heterocycles. The molecule has 3 rings (SSSR count). The number of aliphatic hydroxyl groups is 1. The average Bonchev–Trinajstić information content (AvgIpc) is 2.89. The van der Waals surface area contributed by atoms with Crippen molar-refractivity contribution in [3.63, 3.8) is 0 Å². The fourth-order valence-electron chi connectivity index (χ4n) is 3.19. The van der Waals surface area contributed by atoms with Gasteiger partial charge in [-0.2, -0.15) is 8.42 Å². The summed E-state index contributed by atoms with van der Waals surface area (Å²) in [5.41, 5.74) is 1.27. The van der Waals surface area contributed by atoms with Gasteiger partial charge in [0, 0.05) is 0 Å². The van der Waals surface area contributed by atoms with Crippen LogP contribution in [0.5, 0.6) is 0 Å². The molecule has 142 valence electrons. The predicted molar refractivity (Wildman–Crippen MR) is 97.7 cm³/mol. The Balaban J connectivity index is 2.02. The Morgan fingerprint density at radius 2 is 1.48 bits per heavy atom. The fraction of sp³-hybridized carbons (Fsp3) is 0.263. The lowest BCUT2D eigenvalue weighted by Gasteiger charge is -2.31. The SMILES string of the molecule is CS(=O)(=O)OC(CO)C(Cc1ccccc1)N1C(=O)c2ccccc2C1=O. The van der Waals surface area contributed by atoms with Crippen molar-refractivity contribution in [1.82, 2.24) is 4.90 Å². The highest BCUT2D eigenvalue weighted by Crippen LogP contribution is 2.28. The second kappa shape index (κ2) is 7.59. The van der Waals surface area contributed by atoms with E-state index in [1.54, 1.807) is 48.5 Å². The normalized spacial score (nSPS) is 16.3. The van der Waals surface area contributed by atoms with E-state index in [9.17, 15) is 23.1 Å². The maximum atomic E-state index is 12.8. The number of carbonyl (C=O) groups excluding carboxylic acids is 2. The van der Waals surface area contributed by atoms with Crippen molar-refractivity contribution in [2.45, 2.75) is 18.6 Å². The van der Waals surface area contributed by atoms with Crippen LogP contribution in [0.4, 0.5) is 0 Å². The van der Waals surface area contributed by atoms with Crippen molar-refractivity contribution in [3.05, 3.63) is 71.3 Å². The maximum Gasteiger partial charge on any atom is 0.264 e. The van der Waals surface area contributed by atoms with Gasteiger partial charge in [0.1, 0.15) is 6.10 Å². The first-order chi connectivity index (χ1) is 12.8. The molecule has 1 aliphatic heterocycles. The van der Waals surface area contributed by atoms with Crippen LogP contribution in [0.3, 0.4) is 0 Å². The maximum absolute atomic E-state index is 12.8. The summed E-state index contributed by atoms with van der Waals surface area (Å²) in [6.45, 7) is -0.669. The Kier molecular flexibility index (Phi) is 5.41. The summed E-state index contributed by atoms with van der Waals surface area (Å²) < 4.78 is 28.3. The second-order valence-corrected chi connectivity index (χ2v) is 7.91. The lowest BCUT2D eigenvalue weighted by Crippen LogP contribution is -2.51. The topological polar surface area (TPSA) is 101 Å². The number of aliphatic hydroxyl groups excluding tert-OH is 1. The highest BCUT2D eigenvalue weighted by atomic mass is 32.2. The van der Waals surface area contributed by atoms with E-state index in [-0.39, 0.29) is 17.5 Å². The third-order valence-electron chi connectivity index (χ3n) is 4.35. The molecule has 1 aliphatic rings. The molecule has 2 atom stereocenters. The van der Waals surface area contributed by atoms with Gasteiger partial charge in [-0.25, -0.2) is 0 Å². The van der Waals surface area contributed by atoms with Crippen molar-refractivity contribution in [1.29, 1.82) is 0 Å². The molecule has 0 saturated heterocycles. The van der Waals surface area contributed by atoms with Gasteiger partial charge in [-0.3, -0.25) is 18.7 Å². The summed E-state index contributed by atoms with van der Waals surface area (Å²) in [5, 5.41) is 9.75. The number of nitrogens with zero attached hydrogens (tertiary/aromatic N) is 1. The monoisotopic (exact) mass is 389 g/mol. The number of amides is 2. The standard InChI is InChI=1S/C19H19NO6S/c1-27(24,25)26-17(12-21)16(11-13-7-3-2-4-8-13)20-18(22)14-9-5-6-10-15(14)19(20)23/h2-10,16-17,21H,11-12H2,1H3. The van der Waals surface area contributed by atoms with Crippen molar-refractivity contribution < 1.29 is 27.3 Å². The van der Waals surface area contributed by atoms with Crippen LogP contribution < -0.4 is 0 Å². The first kappa shape index (κ1) is 19.2. The number of hydrogen-bond donors (Lipinski definition) is 1. The van der Waals surface area contributed by atoms with E-state index in [1.807, 2.05) is 6.07 Å². The van der Waals surface area contributed by atoms with Gasteiger partial charge in [0.15, 0.2) is 0 Å². The van der Waals surface area contributed by atoms with Gasteiger partial charge in [0.2, 0.25) is 0 Å². The van der Waals surface area contributed by atoms with Gasteiger partial charge in [0.05, 0.1) is 30.0 Å². The first-order valence-electron chi connectivity index (χ1n) is 8.32. The van der Waals surface area contributed by atoms with E-state index in [4.69, 9.17) is 4.18 Å². The largest absolute Gasteiger partial charge is 0.394 e. The molecule has 1 N–H and O–H groups in total. The zero-order valence-electron chi connectivity index (χ0n) is 14.6. The summed E-state index contributed by atoms with van der Waals surface area (Å²) in [6.07, 6.45) is -0.271. The minimum Gasteiger partial charge on any atom is -0.394 e. The molecule has 0 spiro atoms. The van der Waals surface area contributed by atoms with Crippen LogP contribution in [0.15, 0.2) is 54.6 Å². The van der Waals surface area contributed by atoms with E-state index >= 15 is 0 Å². The summed E-state index contributed by atoms with van der Waals surface area (Å²) in [6, 6.07) is 14.4. The van der Waals surface area contributed by atoms with Gasteiger partial charge >= 0.3 is 0 Å². The zero-order chi connectivity index (χ0) is 19.6. The van der Waals surface area contributed by atoms with Gasteiger partial charge in [-0.1, -0.05) is 42.5 Å². The van der Waals surface area contributed by atoms with Crippen LogP contribution in [-0.4, -0.2) is 55.2 Å². The van der Waals surface area contributed by atoms with E-state index in [0.717, 1.165) is 16.7 Å². The first-order valence-corrected chi connectivity index (χ1v) is 10.1. The van der Waals surface area contributed by atoms with Gasteiger partial charge in [-0.05, 0) is 24.1 Å². The summed E-state index contributed by atoms with van der Waals surface area (Å²) in [4.78, 5) is 26.7. The molecule has 2 unspecified atom stereocenters. The summed E-state index contributed by atoms with van der Waals surface area (Å²) >= 11 is 0. The molecule has 0 radical (unpaired) electrons. The average molecular weight is 389 g/mol. The number of rotatable bonds is 7. The van der Waals surface area contributed by atoms with Crippen molar-refractivity contribution in [3.8, 4) is 0 Å². The minimum absolute atomic E-state index is 0.146. The Labute approximate surface area is 157 Å². The molecule has 0 fully saturated rings. The third kappa shape index (κ3) is 4.08. The summed E-state index contributed by atoms with van der Waals surface area (Å²) in [7, 11) is -3.91. The van der Waals surface area contributed by atoms with E-state index in [2.05, 4.69) is 0 Å². The number of hydrogen-bond acceptors (Lipinski definition) is 6. The molecular formula is C19H19NO6S. The second-order valence-electron chi connectivity index (χ2n) is 6.30. The number of fused-ring (bicyclic) bond motifs is 1. The highest BCUT2D eigenvalue weighted by Gasteiger charge is 2.43. The van der Waals surface area contributed by atoms with Crippen LogP contribution in [0.2, 0.25) is 0 Å². The zero-order valence-corrected chi connectivity index (χ0v) is 15.4. The van der Waals surface area contributed by atoms with Crippen LogP contribution in [0.25, 0.3) is 0 Å². The molecule has 0 saturated carbocycles. The van der Waals surface area contributed by atoms with Crippen LogP contribution in [0, 0.1) is 0 Å². The lowest BCUT2D eigenvalue weighted by molar-refractivity contribution is 0.0269. The number of benzene rings is 2. The van der Waals surface area contributed by atoms with Crippen LogP contribution >= 0.6 is 0 Å². The molecule has 0 aliphatic carbocycles. The van der Waals surface area contributed by atoms with Crippen LogP contribution in [-0.2, 0) is 20.7 Å². The number of carbonyl (C=O) groups is 2.